The summed E-state index contributed by atoms with van der Waals surface area (Å²) in [5.74, 6) is 1.17. The molecule has 0 radical (unpaired) electrons. The third kappa shape index (κ3) is 3.52. The highest BCUT2D eigenvalue weighted by Crippen LogP contribution is 2.22. The van der Waals surface area contributed by atoms with Crippen molar-refractivity contribution in [1.29, 1.82) is 0 Å². The Morgan fingerprint density at radius 2 is 2.36 bits per heavy atom. The van der Waals surface area contributed by atoms with Gasteiger partial charge in [-0.15, -0.1) is 28.7 Å². The fourth-order valence-corrected chi connectivity index (χ4v) is 1.99. The molecule has 0 aromatic heterocycles. The van der Waals surface area contributed by atoms with Crippen molar-refractivity contribution >= 4 is 28.7 Å². The van der Waals surface area contributed by atoms with E-state index >= 15 is 0 Å². The molecule has 0 N–H and O–H groups in total. The lowest BCUT2D eigenvalue weighted by atomic mass is 10.3. The second kappa shape index (κ2) is 5.95. The Bertz CT molecular complexity index is 136. The molecular weight excluding hydrogens is 222 g/mol. The molecule has 0 saturated heterocycles. The molecule has 0 saturated carbocycles. The summed E-state index contributed by atoms with van der Waals surface area (Å²) in [4.78, 5) is 2.44. The highest BCUT2D eigenvalue weighted by molar-refractivity contribution is 8.93. The van der Waals surface area contributed by atoms with Crippen molar-refractivity contribution in [2.45, 2.75) is 26.7 Å². The number of unbranched alkanes of at least 4 members (excludes halogenated alkanes) is 1. The molecule has 1 nitrogen and oxygen atoms in total. The first-order valence-corrected chi connectivity index (χ1v) is 4.92. The minimum atomic E-state index is 0. The van der Waals surface area contributed by atoms with E-state index in [2.05, 4.69) is 24.2 Å². The Labute approximate surface area is 84.0 Å². The first kappa shape index (κ1) is 11.4. The van der Waals surface area contributed by atoms with Gasteiger partial charge in [0.25, 0.3) is 0 Å². The van der Waals surface area contributed by atoms with Crippen molar-refractivity contribution in [3.05, 3.63) is 11.1 Å². The second-order valence-electron chi connectivity index (χ2n) is 2.67. The molecule has 66 valence electrons. The fourth-order valence-electron chi connectivity index (χ4n) is 1.01. The summed E-state index contributed by atoms with van der Waals surface area (Å²) in [5, 5.41) is 2.25. The Morgan fingerprint density at radius 3 is 2.82 bits per heavy atom. The van der Waals surface area contributed by atoms with E-state index in [-0.39, 0.29) is 17.0 Å². The number of nitrogens with zero attached hydrogens (tertiary/aromatic N) is 1. The summed E-state index contributed by atoms with van der Waals surface area (Å²) < 4.78 is 0. The maximum absolute atomic E-state index is 2.44. The maximum Gasteiger partial charge on any atom is 0.0677 e. The minimum absolute atomic E-state index is 0. The van der Waals surface area contributed by atoms with Gasteiger partial charge in [0.15, 0.2) is 0 Å². The van der Waals surface area contributed by atoms with Crippen LogP contribution in [0.4, 0.5) is 0 Å². The summed E-state index contributed by atoms with van der Waals surface area (Å²) in [6.45, 7) is 5.67. The maximum atomic E-state index is 2.44. The van der Waals surface area contributed by atoms with Gasteiger partial charge in [-0.25, -0.2) is 0 Å². The zero-order chi connectivity index (χ0) is 7.40. The quantitative estimate of drug-likeness (QED) is 0.742. The summed E-state index contributed by atoms with van der Waals surface area (Å²) in [6, 6.07) is 0. The third-order valence-corrected chi connectivity index (χ3v) is 2.73. The molecule has 0 aromatic carbocycles. The SMILES string of the molecule is Br.CCCCN1CSC=C1C. The number of allylic oxidation sites excluding steroid dienone is 1. The average molecular weight is 238 g/mol. The Balaban J connectivity index is 0.000001000. The van der Waals surface area contributed by atoms with Gasteiger partial charge >= 0.3 is 0 Å². The molecule has 0 atom stereocenters. The second-order valence-corrected chi connectivity index (χ2v) is 3.50. The molecular formula is C8H16BrNS. The van der Waals surface area contributed by atoms with Gasteiger partial charge in [-0.2, -0.15) is 0 Å². The van der Waals surface area contributed by atoms with E-state index in [9.17, 15) is 0 Å². The van der Waals surface area contributed by atoms with Gasteiger partial charge in [0.1, 0.15) is 0 Å². The zero-order valence-corrected chi connectivity index (χ0v) is 9.70. The Morgan fingerprint density at radius 1 is 1.64 bits per heavy atom. The van der Waals surface area contributed by atoms with Crippen molar-refractivity contribution in [2.24, 2.45) is 0 Å². The number of halogens is 1. The van der Waals surface area contributed by atoms with E-state index in [1.165, 1.54) is 31.0 Å². The molecule has 1 aliphatic heterocycles. The minimum Gasteiger partial charge on any atom is -0.365 e. The molecule has 1 heterocycles. The van der Waals surface area contributed by atoms with Crippen molar-refractivity contribution < 1.29 is 0 Å². The molecule has 0 spiro atoms. The van der Waals surface area contributed by atoms with E-state index < -0.39 is 0 Å². The standard InChI is InChI=1S/C8H15NS.BrH/c1-3-4-5-9-7-10-6-8(9)2;/h6H,3-5,7H2,1-2H3;1H. The normalized spacial score (nSPS) is 16.2. The Kier molecular flexibility index (Phi) is 6.15. The first-order valence-electron chi connectivity index (χ1n) is 3.88. The van der Waals surface area contributed by atoms with E-state index in [1.54, 1.807) is 0 Å². The molecule has 0 aliphatic carbocycles. The number of hydrogen-bond donors (Lipinski definition) is 0. The van der Waals surface area contributed by atoms with Crippen LogP contribution in [0, 0.1) is 0 Å². The van der Waals surface area contributed by atoms with Crippen LogP contribution in [0.3, 0.4) is 0 Å². The van der Waals surface area contributed by atoms with Crippen molar-refractivity contribution in [1.82, 2.24) is 4.90 Å². The molecule has 1 rings (SSSR count). The van der Waals surface area contributed by atoms with Crippen LogP contribution < -0.4 is 0 Å². The van der Waals surface area contributed by atoms with Gasteiger partial charge in [-0.3, -0.25) is 0 Å². The van der Waals surface area contributed by atoms with Crippen LogP contribution in [0.2, 0.25) is 0 Å². The number of hydrogen-bond acceptors (Lipinski definition) is 2. The largest absolute Gasteiger partial charge is 0.365 e. The molecule has 3 heteroatoms. The molecule has 0 aromatic rings. The third-order valence-electron chi connectivity index (χ3n) is 1.76. The van der Waals surface area contributed by atoms with E-state index in [4.69, 9.17) is 0 Å². The van der Waals surface area contributed by atoms with Gasteiger partial charge in [0.05, 0.1) is 5.88 Å². The highest BCUT2D eigenvalue weighted by Gasteiger charge is 2.09. The predicted octanol–water partition coefficient (Wildman–Crippen LogP) is 3.23. The van der Waals surface area contributed by atoms with Crippen molar-refractivity contribution in [3.8, 4) is 0 Å². The number of rotatable bonds is 3. The lowest BCUT2D eigenvalue weighted by Gasteiger charge is -2.17. The van der Waals surface area contributed by atoms with Crippen LogP contribution in [0.25, 0.3) is 0 Å². The highest BCUT2D eigenvalue weighted by atomic mass is 79.9. The van der Waals surface area contributed by atoms with Gasteiger partial charge in [0.2, 0.25) is 0 Å². The number of thioether (sulfide) groups is 1. The smallest absolute Gasteiger partial charge is 0.0677 e. The predicted molar refractivity (Wildman–Crippen MR) is 58.2 cm³/mol. The van der Waals surface area contributed by atoms with Crippen LogP contribution in [0.5, 0.6) is 0 Å². The van der Waals surface area contributed by atoms with Crippen LogP contribution in [-0.4, -0.2) is 17.3 Å². The first-order chi connectivity index (χ1) is 4.84. The van der Waals surface area contributed by atoms with Gasteiger partial charge < -0.3 is 4.90 Å². The molecule has 11 heavy (non-hydrogen) atoms. The van der Waals surface area contributed by atoms with Crippen molar-refractivity contribution in [3.63, 3.8) is 0 Å². The molecule has 0 fully saturated rings. The van der Waals surface area contributed by atoms with Gasteiger partial charge in [0, 0.05) is 12.2 Å². The van der Waals surface area contributed by atoms with Crippen molar-refractivity contribution in [2.75, 3.05) is 12.4 Å². The molecule has 0 bridgehead atoms. The van der Waals surface area contributed by atoms with Gasteiger partial charge in [-0.05, 0) is 18.8 Å². The summed E-state index contributed by atoms with van der Waals surface area (Å²) >= 11 is 1.90. The summed E-state index contributed by atoms with van der Waals surface area (Å²) in [5.41, 5.74) is 1.44. The van der Waals surface area contributed by atoms with E-state index in [0.717, 1.165) is 0 Å². The average Bonchev–Trinajstić information content (AvgIpc) is 2.31. The monoisotopic (exact) mass is 237 g/mol. The summed E-state index contributed by atoms with van der Waals surface area (Å²) in [6.07, 6.45) is 2.63. The van der Waals surface area contributed by atoms with Crippen LogP contribution >= 0.6 is 28.7 Å². The Hall–Kier alpha value is 0.370. The zero-order valence-electron chi connectivity index (χ0n) is 7.17. The van der Waals surface area contributed by atoms with Crippen LogP contribution in [0.1, 0.15) is 26.7 Å². The van der Waals surface area contributed by atoms with Crippen LogP contribution in [-0.2, 0) is 0 Å². The lowest BCUT2D eigenvalue weighted by molar-refractivity contribution is 0.400. The van der Waals surface area contributed by atoms with Crippen LogP contribution in [0.15, 0.2) is 11.1 Å². The topological polar surface area (TPSA) is 3.24 Å². The molecule has 1 aliphatic rings. The lowest BCUT2D eigenvalue weighted by Crippen LogP contribution is -2.18. The van der Waals surface area contributed by atoms with Gasteiger partial charge in [-0.1, -0.05) is 13.3 Å². The fraction of sp³-hybridized carbons (Fsp3) is 0.750. The van der Waals surface area contributed by atoms with E-state index in [1.807, 2.05) is 11.8 Å². The molecule has 0 amide bonds. The summed E-state index contributed by atoms with van der Waals surface area (Å²) in [7, 11) is 0. The molecule has 0 unspecified atom stereocenters. The van der Waals surface area contributed by atoms with E-state index in [0.29, 0.717) is 0 Å².